The number of aliphatic hydroxyl groups excluding tert-OH is 1. The van der Waals surface area contributed by atoms with Crippen molar-refractivity contribution in [3.05, 3.63) is 35.4 Å². The zero-order valence-corrected chi connectivity index (χ0v) is 8.12. The van der Waals surface area contributed by atoms with E-state index < -0.39 is 18.3 Å². The van der Waals surface area contributed by atoms with Gasteiger partial charge in [0.1, 0.15) is 0 Å². The van der Waals surface area contributed by atoms with Gasteiger partial charge in [-0.3, -0.25) is 0 Å². The van der Waals surface area contributed by atoms with E-state index in [2.05, 4.69) is 0 Å². The third kappa shape index (κ3) is 2.94. The number of hydrogen-bond acceptors (Lipinski definition) is 2. The van der Waals surface area contributed by atoms with E-state index in [1.165, 1.54) is 12.1 Å². The molecule has 15 heavy (non-hydrogen) atoms. The third-order valence-electron chi connectivity index (χ3n) is 2.14. The van der Waals surface area contributed by atoms with E-state index in [1.54, 1.807) is 12.1 Å². The number of hydrogen-bond donors (Lipinski definition) is 2. The molecule has 0 amide bonds. The van der Waals surface area contributed by atoms with Gasteiger partial charge in [-0.1, -0.05) is 29.8 Å². The standard InChI is InChI=1S/C10H12F3NO/c1-6-2-4-7(5-3-6)8(14)9(15)10(11,12)13/h2-5,8-9,15H,14H2,1H3/t8-,9-/m0/s1. The fourth-order valence-electron chi connectivity index (χ4n) is 1.17. The van der Waals surface area contributed by atoms with Crippen LogP contribution in [-0.2, 0) is 0 Å². The number of aryl methyl sites for hydroxylation is 1. The van der Waals surface area contributed by atoms with Gasteiger partial charge < -0.3 is 10.8 Å². The quantitative estimate of drug-likeness (QED) is 0.798. The van der Waals surface area contributed by atoms with Gasteiger partial charge in [0.2, 0.25) is 0 Å². The van der Waals surface area contributed by atoms with Crippen LogP contribution in [0.5, 0.6) is 0 Å². The lowest BCUT2D eigenvalue weighted by Gasteiger charge is -2.21. The predicted octanol–water partition coefficient (Wildman–Crippen LogP) is 1.92. The topological polar surface area (TPSA) is 46.2 Å². The monoisotopic (exact) mass is 219 g/mol. The van der Waals surface area contributed by atoms with Crippen molar-refractivity contribution in [2.75, 3.05) is 0 Å². The van der Waals surface area contributed by atoms with E-state index in [4.69, 9.17) is 10.8 Å². The third-order valence-corrected chi connectivity index (χ3v) is 2.14. The fourth-order valence-corrected chi connectivity index (χ4v) is 1.17. The fraction of sp³-hybridized carbons (Fsp3) is 0.400. The van der Waals surface area contributed by atoms with Gasteiger partial charge in [0.05, 0.1) is 6.04 Å². The molecule has 0 spiro atoms. The maximum absolute atomic E-state index is 12.1. The van der Waals surface area contributed by atoms with Crippen molar-refractivity contribution in [2.45, 2.75) is 25.2 Å². The average Bonchev–Trinajstić information content (AvgIpc) is 2.15. The van der Waals surface area contributed by atoms with Crippen molar-refractivity contribution >= 4 is 0 Å². The average molecular weight is 219 g/mol. The Morgan fingerprint density at radius 2 is 1.67 bits per heavy atom. The zero-order valence-electron chi connectivity index (χ0n) is 8.12. The van der Waals surface area contributed by atoms with Crippen molar-refractivity contribution in [3.63, 3.8) is 0 Å². The predicted molar refractivity (Wildman–Crippen MR) is 50.2 cm³/mol. The second-order valence-corrected chi connectivity index (χ2v) is 3.42. The largest absolute Gasteiger partial charge is 0.416 e. The van der Waals surface area contributed by atoms with E-state index >= 15 is 0 Å². The Bertz CT molecular complexity index is 320. The van der Waals surface area contributed by atoms with Gasteiger partial charge in [-0.25, -0.2) is 0 Å². The summed E-state index contributed by atoms with van der Waals surface area (Å²) >= 11 is 0. The van der Waals surface area contributed by atoms with E-state index in [-0.39, 0.29) is 5.56 Å². The highest BCUT2D eigenvalue weighted by molar-refractivity contribution is 5.24. The van der Waals surface area contributed by atoms with E-state index in [9.17, 15) is 13.2 Å². The smallest absolute Gasteiger partial charge is 0.382 e. The van der Waals surface area contributed by atoms with Crippen LogP contribution in [0.15, 0.2) is 24.3 Å². The van der Waals surface area contributed by atoms with Crippen molar-refractivity contribution < 1.29 is 18.3 Å². The summed E-state index contributed by atoms with van der Waals surface area (Å²) in [5.74, 6) is 0. The molecule has 0 bridgehead atoms. The SMILES string of the molecule is Cc1ccc([C@H](N)[C@H](O)C(F)(F)F)cc1. The maximum atomic E-state index is 12.1. The van der Waals surface area contributed by atoms with Crippen LogP contribution in [-0.4, -0.2) is 17.4 Å². The minimum absolute atomic E-state index is 0.269. The Balaban J connectivity index is 2.85. The molecule has 0 aliphatic carbocycles. The van der Waals surface area contributed by atoms with Crippen LogP contribution in [0.4, 0.5) is 13.2 Å². The van der Waals surface area contributed by atoms with Crippen molar-refractivity contribution in [1.29, 1.82) is 0 Å². The van der Waals surface area contributed by atoms with Crippen LogP contribution >= 0.6 is 0 Å². The summed E-state index contributed by atoms with van der Waals surface area (Å²) in [6.07, 6.45) is -7.22. The first-order valence-corrected chi connectivity index (χ1v) is 4.39. The molecular weight excluding hydrogens is 207 g/mol. The lowest BCUT2D eigenvalue weighted by molar-refractivity contribution is -0.210. The Kier molecular flexibility index (Phi) is 3.36. The van der Waals surface area contributed by atoms with Gasteiger partial charge >= 0.3 is 6.18 Å². The molecule has 0 saturated heterocycles. The van der Waals surface area contributed by atoms with Gasteiger partial charge in [-0.05, 0) is 12.5 Å². The highest BCUT2D eigenvalue weighted by Gasteiger charge is 2.42. The molecule has 1 aromatic carbocycles. The lowest BCUT2D eigenvalue weighted by atomic mass is 10.0. The first kappa shape index (κ1) is 12.0. The van der Waals surface area contributed by atoms with Crippen LogP contribution in [0.3, 0.4) is 0 Å². The van der Waals surface area contributed by atoms with Crippen LogP contribution in [0, 0.1) is 6.92 Å². The van der Waals surface area contributed by atoms with Gasteiger partial charge in [-0.15, -0.1) is 0 Å². The maximum Gasteiger partial charge on any atom is 0.416 e. The highest BCUT2D eigenvalue weighted by Crippen LogP contribution is 2.28. The van der Waals surface area contributed by atoms with Gasteiger partial charge in [0, 0.05) is 0 Å². The second-order valence-electron chi connectivity index (χ2n) is 3.42. The molecule has 84 valence electrons. The number of aliphatic hydroxyl groups is 1. The molecule has 0 aromatic heterocycles. The summed E-state index contributed by atoms with van der Waals surface area (Å²) in [5, 5.41) is 8.93. The van der Waals surface area contributed by atoms with E-state index in [0.717, 1.165) is 5.56 Å². The molecule has 2 atom stereocenters. The molecule has 0 fully saturated rings. The van der Waals surface area contributed by atoms with E-state index in [0.29, 0.717) is 0 Å². The normalized spacial score (nSPS) is 16.1. The van der Waals surface area contributed by atoms with Crippen molar-refractivity contribution in [2.24, 2.45) is 5.73 Å². The van der Waals surface area contributed by atoms with Crippen LogP contribution < -0.4 is 5.73 Å². The first-order valence-electron chi connectivity index (χ1n) is 4.39. The zero-order chi connectivity index (χ0) is 11.6. The highest BCUT2D eigenvalue weighted by atomic mass is 19.4. The molecule has 0 saturated carbocycles. The summed E-state index contributed by atoms with van der Waals surface area (Å²) < 4.78 is 36.4. The van der Waals surface area contributed by atoms with E-state index in [1.807, 2.05) is 6.92 Å². The molecule has 0 aliphatic rings. The summed E-state index contributed by atoms with van der Waals surface area (Å²) in [7, 11) is 0. The first-order chi connectivity index (χ1) is 6.82. The van der Waals surface area contributed by atoms with Crippen LogP contribution in [0.1, 0.15) is 17.2 Å². The number of alkyl halides is 3. The Hall–Kier alpha value is -1.07. The molecular formula is C10H12F3NO. The van der Waals surface area contributed by atoms with Gasteiger partial charge in [0.15, 0.2) is 6.10 Å². The molecule has 0 aliphatic heterocycles. The number of halogens is 3. The molecule has 5 heteroatoms. The van der Waals surface area contributed by atoms with Crippen LogP contribution in [0.2, 0.25) is 0 Å². The summed E-state index contributed by atoms with van der Waals surface area (Å²) in [6, 6.07) is 4.83. The molecule has 1 aromatic rings. The lowest BCUT2D eigenvalue weighted by Crippen LogP contribution is -2.38. The Morgan fingerprint density at radius 1 is 1.20 bits per heavy atom. The Labute approximate surface area is 85.5 Å². The summed E-state index contributed by atoms with van der Waals surface area (Å²) in [6.45, 7) is 1.81. The molecule has 0 heterocycles. The number of nitrogens with two attached hydrogens (primary N) is 1. The molecule has 1 rings (SSSR count). The molecule has 0 radical (unpaired) electrons. The minimum atomic E-state index is -4.69. The number of benzene rings is 1. The minimum Gasteiger partial charge on any atom is -0.382 e. The van der Waals surface area contributed by atoms with Crippen molar-refractivity contribution in [3.8, 4) is 0 Å². The second kappa shape index (κ2) is 4.20. The summed E-state index contributed by atoms with van der Waals surface area (Å²) in [5.41, 5.74) is 6.50. The van der Waals surface area contributed by atoms with Crippen LogP contribution in [0.25, 0.3) is 0 Å². The van der Waals surface area contributed by atoms with Crippen molar-refractivity contribution in [1.82, 2.24) is 0 Å². The summed E-state index contributed by atoms with van der Waals surface area (Å²) in [4.78, 5) is 0. The van der Waals surface area contributed by atoms with Gasteiger partial charge in [-0.2, -0.15) is 13.2 Å². The van der Waals surface area contributed by atoms with Gasteiger partial charge in [0.25, 0.3) is 0 Å². The molecule has 2 nitrogen and oxygen atoms in total. The molecule has 3 N–H and O–H groups in total. The number of rotatable bonds is 2. The molecule has 0 unspecified atom stereocenters. The Morgan fingerprint density at radius 3 is 2.07 bits per heavy atom.